The van der Waals surface area contributed by atoms with Crippen molar-refractivity contribution in [1.29, 1.82) is 0 Å². The Kier molecular flexibility index (Phi) is 4.06. The number of nitrogens with zero attached hydrogens (tertiary/aromatic N) is 1. The van der Waals surface area contributed by atoms with Crippen LogP contribution in [-0.4, -0.2) is 33.5 Å². The molecule has 1 aromatic carbocycles. The number of hydrogen-bond donors (Lipinski definition) is 2. The number of aliphatic hydroxyl groups excluding tert-OH is 1. The number of carbonyl (C=O) groups excluding carboxylic acids is 1. The maximum absolute atomic E-state index is 12.7. The molecule has 0 saturated heterocycles. The van der Waals surface area contributed by atoms with Crippen LogP contribution in [0.15, 0.2) is 48.7 Å². The number of aromatic nitrogens is 1. The molecule has 110 valence electrons. The first-order chi connectivity index (χ1) is 10.3. The summed E-state index contributed by atoms with van der Waals surface area (Å²) in [4.78, 5) is 17.5. The van der Waals surface area contributed by atoms with Crippen LogP contribution in [0.1, 0.15) is 28.9 Å². The van der Waals surface area contributed by atoms with Gasteiger partial charge in [-0.3, -0.25) is 4.79 Å². The Morgan fingerprint density at radius 1 is 1.24 bits per heavy atom. The Balaban J connectivity index is 1.85. The molecule has 1 aliphatic carbocycles. The molecule has 2 N–H and O–H groups in total. The third kappa shape index (κ3) is 3.16. The molecule has 1 saturated carbocycles. The van der Waals surface area contributed by atoms with E-state index in [0.29, 0.717) is 18.2 Å². The molecule has 1 aromatic heterocycles. The zero-order valence-electron chi connectivity index (χ0n) is 11.9. The van der Waals surface area contributed by atoms with Gasteiger partial charge in [-0.05, 0) is 36.5 Å². The van der Waals surface area contributed by atoms with E-state index in [1.54, 1.807) is 17.2 Å². The molecular weight excluding hydrogens is 264 g/mol. The van der Waals surface area contributed by atoms with Crippen molar-refractivity contribution in [1.82, 2.24) is 9.88 Å². The van der Waals surface area contributed by atoms with Gasteiger partial charge in [0.05, 0.1) is 12.6 Å². The Morgan fingerprint density at radius 2 is 2.00 bits per heavy atom. The van der Waals surface area contributed by atoms with Crippen molar-refractivity contribution < 1.29 is 9.90 Å². The lowest BCUT2D eigenvalue weighted by Crippen LogP contribution is -2.43. The van der Waals surface area contributed by atoms with E-state index in [1.807, 2.05) is 36.4 Å². The molecule has 1 amide bonds. The fourth-order valence-electron chi connectivity index (χ4n) is 2.72. The van der Waals surface area contributed by atoms with E-state index >= 15 is 0 Å². The van der Waals surface area contributed by atoms with Crippen LogP contribution in [0.25, 0.3) is 0 Å². The highest BCUT2D eigenvalue weighted by atomic mass is 16.3. The Labute approximate surface area is 124 Å². The van der Waals surface area contributed by atoms with Crippen molar-refractivity contribution in [2.24, 2.45) is 5.92 Å². The summed E-state index contributed by atoms with van der Waals surface area (Å²) in [7, 11) is 0. The SMILES string of the molecule is O=C(c1ccc[nH]1)N(Cc1ccccc1)C(CO)C1CC1. The second-order valence-electron chi connectivity index (χ2n) is 5.59. The fourth-order valence-corrected chi connectivity index (χ4v) is 2.72. The van der Waals surface area contributed by atoms with E-state index in [9.17, 15) is 9.90 Å². The van der Waals surface area contributed by atoms with Crippen molar-refractivity contribution in [3.05, 3.63) is 59.9 Å². The Morgan fingerprint density at radius 3 is 2.57 bits per heavy atom. The molecule has 1 atom stereocenters. The van der Waals surface area contributed by atoms with E-state index in [1.165, 1.54) is 0 Å². The standard InChI is InChI=1S/C17H20N2O2/c20-12-16(14-8-9-14)19(11-13-5-2-1-3-6-13)17(21)15-7-4-10-18-15/h1-7,10,14,16,18,20H,8-9,11-12H2. The molecule has 1 unspecified atom stereocenters. The number of benzene rings is 1. The predicted molar refractivity (Wildman–Crippen MR) is 80.7 cm³/mol. The van der Waals surface area contributed by atoms with E-state index in [0.717, 1.165) is 18.4 Å². The molecule has 0 spiro atoms. The first-order valence-corrected chi connectivity index (χ1v) is 7.38. The largest absolute Gasteiger partial charge is 0.394 e. The highest BCUT2D eigenvalue weighted by molar-refractivity contribution is 5.92. The average molecular weight is 284 g/mol. The number of hydrogen-bond acceptors (Lipinski definition) is 2. The number of carbonyl (C=O) groups is 1. The minimum absolute atomic E-state index is 0.0178. The van der Waals surface area contributed by atoms with Crippen molar-refractivity contribution in [2.45, 2.75) is 25.4 Å². The van der Waals surface area contributed by atoms with Gasteiger partial charge in [-0.15, -0.1) is 0 Å². The van der Waals surface area contributed by atoms with Crippen LogP contribution in [0.5, 0.6) is 0 Å². The molecule has 1 heterocycles. The van der Waals surface area contributed by atoms with Crippen molar-refractivity contribution in [3.8, 4) is 0 Å². The quantitative estimate of drug-likeness (QED) is 0.856. The second-order valence-corrected chi connectivity index (χ2v) is 5.59. The zero-order valence-corrected chi connectivity index (χ0v) is 11.9. The maximum Gasteiger partial charge on any atom is 0.270 e. The molecule has 3 rings (SSSR count). The second kappa shape index (κ2) is 6.14. The minimum atomic E-state index is -0.0963. The van der Waals surface area contributed by atoms with E-state index < -0.39 is 0 Å². The third-order valence-corrected chi connectivity index (χ3v) is 4.04. The van der Waals surface area contributed by atoms with Gasteiger partial charge >= 0.3 is 0 Å². The number of aliphatic hydroxyl groups is 1. The molecule has 4 heteroatoms. The smallest absolute Gasteiger partial charge is 0.270 e. The number of H-pyrrole nitrogens is 1. The van der Waals surface area contributed by atoms with Crippen molar-refractivity contribution >= 4 is 5.91 Å². The van der Waals surface area contributed by atoms with Crippen LogP contribution in [-0.2, 0) is 6.54 Å². The maximum atomic E-state index is 12.7. The van der Waals surface area contributed by atoms with Crippen LogP contribution >= 0.6 is 0 Å². The first-order valence-electron chi connectivity index (χ1n) is 7.38. The molecule has 4 nitrogen and oxygen atoms in total. The summed E-state index contributed by atoms with van der Waals surface area (Å²) < 4.78 is 0. The van der Waals surface area contributed by atoms with Gasteiger partial charge in [-0.1, -0.05) is 30.3 Å². The summed E-state index contributed by atoms with van der Waals surface area (Å²) in [6.07, 6.45) is 3.93. The van der Waals surface area contributed by atoms with Gasteiger partial charge in [0.15, 0.2) is 0 Å². The summed E-state index contributed by atoms with van der Waals surface area (Å²) in [5.41, 5.74) is 1.65. The summed E-state index contributed by atoms with van der Waals surface area (Å²) in [5, 5.41) is 9.73. The lowest BCUT2D eigenvalue weighted by Gasteiger charge is -2.30. The predicted octanol–water partition coefficient (Wildman–Crippen LogP) is 2.43. The van der Waals surface area contributed by atoms with Crippen LogP contribution in [0.2, 0.25) is 0 Å². The lowest BCUT2D eigenvalue weighted by atomic mass is 10.1. The normalized spacial score (nSPS) is 15.7. The monoisotopic (exact) mass is 284 g/mol. The lowest BCUT2D eigenvalue weighted by molar-refractivity contribution is 0.0526. The molecule has 0 aliphatic heterocycles. The third-order valence-electron chi connectivity index (χ3n) is 4.04. The van der Waals surface area contributed by atoms with Gasteiger partial charge < -0.3 is 15.0 Å². The molecular formula is C17H20N2O2. The van der Waals surface area contributed by atoms with Crippen LogP contribution in [0, 0.1) is 5.92 Å². The first kappa shape index (κ1) is 13.9. The number of amides is 1. The molecule has 21 heavy (non-hydrogen) atoms. The molecule has 1 fully saturated rings. The summed E-state index contributed by atoms with van der Waals surface area (Å²) in [5.74, 6) is 0.382. The van der Waals surface area contributed by atoms with E-state index in [2.05, 4.69) is 4.98 Å². The molecule has 2 aromatic rings. The van der Waals surface area contributed by atoms with Crippen LogP contribution in [0.4, 0.5) is 0 Å². The highest BCUT2D eigenvalue weighted by Crippen LogP contribution is 2.36. The van der Waals surface area contributed by atoms with E-state index in [-0.39, 0.29) is 18.6 Å². The van der Waals surface area contributed by atoms with Gasteiger partial charge in [0.2, 0.25) is 0 Å². The average Bonchev–Trinajstić information content (AvgIpc) is 3.20. The van der Waals surface area contributed by atoms with Gasteiger partial charge in [0.1, 0.15) is 5.69 Å². The van der Waals surface area contributed by atoms with Crippen molar-refractivity contribution in [2.75, 3.05) is 6.61 Å². The highest BCUT2D eigenvalue weighted by Gasteiger charge is 2.37. The van der Waals surface area contributed by atoms with E-state index in [4.69, 9.17) is 0 Å². The fraction of sp³-hybridized carbons (Fsp3) is 0.353. The van der Waals surface area contributed by atoms with Gasteiger partial charge in [0.25, 0.3) is 5.91 Å². The molecule has 0 radical (unpaired) electrons. The van der Waals surface area contributed by atoms with Gasteiger partial charge in [0, 0.05) is 12.7 Å². The summed E-state index contributed by atoms with van der Waals surface area (Å²) in [6, 6.07) is 13.4. The number of nitrogens with one attached hydrogen (secondary N) is 1. The summed E-state index contributed by atoms with van der Waals surface area (Å²) >= 11 is 0. The Bertz CT molecular complexity index is 576. The topological polar surface area (TPSA) is 56.3 Å². The number of aromatic amines is 1. The van der Waals surface area contributed by atoms with Crippen LogP contribution < -0.4 is 0 Å². The van der Waals surface area contributed by atoms with Crippen LogP contribution in [0.3, 0.4) is 0 Å². The minimum Gasteiger partial charge on any atom is -0.394 e. The molecule has 0 bridgehead atoms. The summed E-state index contributed by atoms with van der Waals surface area (Å²) in [6.45, 7) is 0.546. The van der Waals surface area contributed by atoms with Gasteiger partial charge in [-0.25, -0.2) is 0 Å². The number of rotatable bonds is 6. The Hall–Kier alpha value is -2.07. The van der Waals surface area contributed by atoms with Crippen molar-refractivity contribution in [3.63, 3.8) is 0 Å². The molecule has 1 aliphatic rings. The van der Waals surface area contributed by atoms with Gasteiger partial charge in [-0.2, -0.15) is 0 Å². The zero-order chi connectivity index (χ0) is 14.7.